The van der Waals surface area contributed by atoms with Crippen LogP contribution in [-0.2, 0) is 18.9 Å². The van der Waals surface area contributed by atoms with Crippen molar-refractivity contribution in [1.29, 1.82) is 0 Å². The van der Waals surface area contributed by atoms with E-state index in [9.17, 15) is 18.9 Å². The van der Waals surface area contributed by atoms with Gasteiger partial charge in [0.15, 0.2) is 12.6 Å². The summed E-state index contributed by atoms with van der Waals surface area (Å²) in [5.41, 5.74) is 0. The summed E-state index contributed by atoms with van der Waals surface area (Å²) in [6.07, 6.45) is 2.18. The molecule has 0 aromatic carbocycles. The molecule has 0 aliphatic heterocycles. The fourth-order valence-corrected chi connectivity index (χ4v) is 1.65. The van der Waals surface area contributed by atoms with Crippen LogP contribution in [0.2, 0.25) is 0 Å². The molecule has 3 radical (unpaired) electrons. The van der Waals surface area contributed by atoms with Gasteiger partial charge in [0.2, 0.25) is 6.29 Å². The van der Waals surface area contributed by atoms with E-state index >= 15 is 0 Å². The molecular formula is C7H8O6P. The van der Waals surface area contributed by atoms with E-state index in [4.69, 9.17) is 9.79 Å². The molecule has 0 aromatic heterocycles. The van der Waals surface area contributed by atoms with E-state index in [0.717, 1.165) is 6.29 Å². The second-order valence-corrected chi connectivity index (χ2v) is 4.59. The van der Waals surface area contributed by atoms with E-state index in [2.05, 4.69) is 0 Å². The number of carbonyl (C=O) groups excluding carboxylic acids is 3. The van der Waals surface area contributed by atoms with Crippen LogP contribution in [0.1, 0.15) is 19.3 Å². The summed E-state index contributed by atoms with van der Waals surface area (Å²) in [6.45, 7) is 0. The van der Waals surface area contributed by atoms with Gasteiger partial charge in [-0.1, -0.05) is 0 Å². The maximum atomic E-state index is 10.9. The van der Waals surface area contributed by atoms with Gasteiger partial charge in [0, 0.05) is 12.8 Å². The predicted molar refractivity (Wildman–Crippen MR) is 45.7 cm³/mol. The minimum Gasteiger partial charge on any atom is -0.324 e. The summed E-state index contributed by atoms with van der Waals surface area (Å²) >= 11 is 0. The molecule has 2 N–H and O–H groups in total. The molecule has 0 spiro atoms. The van der Waals surface area contributed by atoms with Crippen molar-refractivity contribution >= 4 is 26.5 Å². The van der Waals surface area contributed by atoms with Crippen molar-refractivity contribution in [3.05, 3.63) is 0 Å². The van der Waals surface area contributed by atoms with E-state index < -0.39 is 25.6 Å². The molecule has 1 unspecified atom stereocenters. The van der Waals surface area contributed by atoms with Crippen LogP contribution >= 0.6 is 7.60 Å². The highest BCUT2D eigenvalue weighted by atomic mass is 31.2. The average molecular weight is 219 g/mol. The zero-order chi connectivity index (χ0) is 11.2. The summed E-state index contributed by atoms with van der Waals surface area (Å²) in [5.74, 6) is 0. The van der Waals surface area contributed by atoms with Crippen LogP contribution < -0.4 is 0 Å². The van der Waals surface area contributed by atoms with E-state index in [1.807, 2.05) is 0 Å². The highest BCUT2D eigenvalue weighted by Crippen LogP contribution is 2.53. The Morgan fingerprint density at radius 2 is 1.71 bits per heavy atom. The lowest BCUT2D eigenvalue weighted by molar-refractivity contribution is 0.337. The van der Waals surface area contributed by atoms with E-state index in [0.29, 0.717) is 0 Å². The highest BCUT2D eigenvalue weighted by molar-refractivity contribution is 7.54. The number of hydrogen-bond acceptors (Lipinski definition) is 4. The molecule has 14 heavy (non-hydrogen) atoms. The molecule has 0 aromatic rings. The number of rotatable bonds is 7. The monoisotopic (exact) mass is 219 g/mol. The normalized spacial score (nSPS) is 15.6. The fraction of sp³-hybridized carbons (Fsp3) is 0.571. The minimum absolute atomic E-state index is 0.345. The Morgan fingerprint density at radius 3 is 2.00 bits per heavy atom. The van der Waals surface area contributed by atoms with Crippen molar-refractivity contribution < 1.29 is 28.7 Å². The Morgan fingerprint density at radius 1 is 1.14 bits per heavy atom. The smallest absolute Gasteiger partial charge is 0.324 e. The zero-order valence-corrected chi connectivity index (χ0v) is 7.99. The molecule has 0 rings (SSSR count). The van der Waals surface area contributed by atoms with Gasteiger partial charge < -0.3 is 9.79 Å². The van der Waals surface area contributed by atoms with Gasteiger partial charge in [0.1, 0.15) is 5.16 Å². The minimum atomic E-state index is -4.82. The highest BCUT2D eigenvalue weighted by Gasteiger charge is 2.47. The van der Waals surface area contributed by atoms with Crippen molar-refractivity contribution in [1.82, 2.24) is 0 Å². The summed E-state index contributed by atoms with van der Waals surface area (Å²) in [5, 5.41) is -2.24. The zero-order valence-electron chi connectivity index (χ0n) is 7.10. The van der Waals surface area contributed by atoms with E-state index in [1.54, 1.807) is 0 Å². The third-order valence-corrected chi connectivity index (χ3v) is 3.34. The summed E-state index contributed by atoms with van der Waals surface area (Å²) in [7, 11) is -4.82. The average Bonchev–Trinajstić information content (AvgIpc) is 2.10. The van der Waals surface area contributed by atoms with Crippen LogP contribution in [0, 0.1) is 0 Å². The van der Waals surface area contributed by atoms with Gasteiger partial charge in [0.25, 0.3) is 0 Å². The molecule has 0 saturated heterocycles. The van der Waals surface area contributed by atoms with Gasteiger partial charge in [-0.25, -0.2) is 0 Å². The van der Waals surface area contributed by atoms with Crippen molar-refractivity contribution in [3.63, 3.8) is 0 Å². The quantitative estimate of drug-likeness (QED) is 0.553. The van der Waals surface area contributed by atoms with Crippen LogP contribution in [0.4, 0.5) is 0 Å². The summed E-state index contributed by atoms with van der Waals surface area (Å²) in [4.78, 5) is 48.0. The molecule has 0 saturated carbocycles. The van der Waals surface area contributed by atoms with Crippen LogP contribution in [-0.4, -0.2) is 33.8 Å². The molecule has 0 bridgehead atoms. The molecule has 0 amide bonds. The third kappa shape index (κ3) is 2.83. The first-order chi connectivity index (χ1) is 6.43. The van der Waals surface area contributed by atoms with Crippen molar-refractivity contribution in [3.8, 4) is 0 Å². The first kappa shape index (κ1) is 13.2. The Bertz CT molecular complexity index is 269. The Hall–Kier alpha value is -0.840. The van der Waals surface area contributed by atoms with Gasteiger partial charge in [-0.3, -0.25) is 18.9 Å². The van der Waals surface area contributed by atoms with E-state index in [1.165, 1.54) is 12.6 Å². The summed E-state index contributed by atoms with van der Waals surface area (Å²) in [6, 6.07) is 0. The van der Waals surface area contributed by atoms with Crippen molar-refractivity contribution in [2.24, 2.45) is 0 Å². The van der Waals surface area contributed by atoms with Gasteiger partial charge >= 0.3 is 7.60 Å². The maximum Gasteiger partial charge on any atom is 0.340 e. The van der Waals surface area contributed by atoms with Crippen LogP contribution in [0.5, 0.6) is 0 Å². The van der Waals surface area contributed by atoms with Crippen LogP contribution in [0.15, 0.2) is 0 Å². The lowest BCUT2D eigenvalue weighted by Crippen LogP contribution is -2.31. The molecule has 0 aliphatic rings. The van der Waals surface area contributed by atoms with Gasteiger partial charge in [-0.05, 0) is 6.42 Å². The fourth-order valence-electron chi connectivity index (χ4n) is 0.861. The molecule has 6 nitrogen and oxygen atoms in total. The maximum absolute atomic E-state index is 10.9. The lowest BCUT2D eigenvalue weighted by Gasteiger charge is -2.24. The predicted octanol–water partition coefficient (Wildman–Crippen LogP) is -0.598. The van der Waals surface area contributed by atoms with Crippen LogP contribution in [0.25, 0.3) is 0 Å². The van der Waals surface area contributed by atoms with Crippen LogP contribution in [0.3, 0.4) is 0 Å². The van der Waals surface area contributed by atoms with Gasteiger partial charge in [0.05, 0.1) is 0 Å². The second-order valence-electron chi connectivity index (χ2n) is 2.64. The van der Waals surface area contributed by atoms with E-state index in [-0.39, 0.29) is 6.42 Å². The standard InChI is InChI=1S/C7H8O6P/c8-4-1-2-7(6-10,3-5-9)14(11,12)13/h1-3H2,(H2,11,12,13). The molecule has 1 atom stereocenters. The first-order valence-electron chi connectivity index (χ1n) is 3.58. The Kier molecular flexibility index (Phi) is 4.83. The molecule has 0 fully saturated rings. The number of hydrogen-bond donors (Lipinski definition) is 2. The largest absolute Gasteiger partial charge is 0.340 e. The van der Waals surface area contributed by atoms with Crippen molar-refractivity contribution in [2.45, 2.75) is 24.4 Å². The Labute approximate surface area is 80.5 Å². The van der Waals surface area contributed by atoms with Crippen molar-refractivity contribution in [2.75, 3.05) is 0 Å². The molecule has 0 heterocycles. The van der Waals surface area contributed by atoms with Gasteiger partial charge in [-0.15, -0.1) is 0 Å². The molecule has 7 heteroatoms. The van der Waals surface area contributed by atoms with Gasteiger partial charge in [-0.2, -0.15) is 0 Å². The summed E-state index contributed by atoms with van der Waals surface area (Å²) < 4.78 is 10.9. The molecular weight excluding hydrogens is 211 g/mol. The molecule has 77 valence electrons. The second kappa shape index (κ2) is 5.14. The SMILES string of the molecule is O=[C]CCC([C]=O)(C[C]=O)P(=O)(O)O. The Balaban J connectivity index is 4.96. The topological polar surface area (TPSA) is 109 Å². The molecule has 0 aliphatic carbocycles. The third-order valence-electron chi connectivity index (χ3n) is 1.75. The first-order valence-corrected chi connectivity index (χ1v) is 5.20. The lowest BCUT2D eigenvalue weighted by atomic mass is 10.0.